The second-order valence-corrected chi connectivity index (χ2v) is 7.37. The maximum absolute atomic E-state index is 13.2. The number of ether oxygens (including phenoxy) is 3. The van der Waals surface area contributed by atoms with Gasteiger partial charge in [-0.2, -0.15) is 0 Å². The second kappa shape index (κ2) is 12.8. The van der Waals surface area contributed by atoms with Crippen LogP contribution in [-0.4, -0.2) is 37.5 Å². The number of rotatable bonds is 11. The minimum Gasteiger partial charge on any atom is -0.490 e. The number of ketones is 1. The highest BCUT2D eigenvalue weighted by molar-refractivity contribution is 6.14. The van der Waals surface area contributed by atoms with Crippen molar-refractivity contribution >= 4 is 23.5 Å². The molecule has 0 aliphatic heterocycles. The lowest BCUT2D eigenvalue weighted by molar-refractivity contribution is -0.115. The minimum atomic E-state index is -0.730. The molecule has 0 aliphatic rings. The first-order valence-corrected chi connectivity index (χ1v) is 11.3. The van der Waals surface area contributed by atoms with E-state index in [4.69, 9.17) is 14.2 Å². The number of carbonyl (C=O) groups excluding carboxylic acids is 3. The fourth-order valence-electron chi connectivity index (χ4n) is 3.25. The summed E-state index contributed by atoms with van der Waals surface area (Å²) >= 11 is 0. The largest absolute Gasteiger partial charge is 0.490 e. The molecule has 3 aromatic rings. The molecule has 0 saturated carbocycles. The Labute approximate surface area is 204 Å². The Morgan fingerprint density at radius 1 is 0.800 bits per heavy atom. The normalized spacial score (nSPS) is 10.2. The molecule has 0 spiro atoms. The van der Waals surface area contributed by atoms with Crippen molar-refractivity contribution in [3.63, 3.8) is 0 Å². The average Bonchev–Trinajstić information content (AvgIpc) is 2.88. The van der Waals surface area contributed by atoms with E-state index in [0.29, 0.717) is 30.3 Å². The summed E-state index contributed by atoms with van der Waals surface area (Å²) in [6.45, 7) is 4.13. The van der Waals surface area contributed by atoms with E-state index in [1.165, 1.54) is 0 Å². The third kappa shape index (κ3) is 7.33. The van der Waals surface area contributed by atoms with E-state index < -0.39 is 12.0 Å². The highest BCUT2D eigenvalue weighted by Crippen LogP contribution is 2.35. The van der Waals surface area contributed by atoms with Gasteiger partial charge < -0.3 is 24.8 Å². The molecule has 0 fully saturated rings. The topological polar surface area (TPSA) is 103 Å². The summed E-state index contributed by atoms with van der Waals surface area (Å²) in [7, 11) is 0. The van der Waals surface area contributed by atoms with Gasteiger partial charge in [-0.1, -0.05) is 60.7 Å². The van der Waals surface area contributed by atoms with Crippen LogP contribution in [0.3, 0.4) is 0 Å². The Morgan fingerprint density at radius 2 is 1.40 bits per heavy atom. The number of amides is 2. The smallest absolute Gasteiger partial charge is 0.407 e. The van der Waals surface area contributed by atoms with E-state index in [2.05, 4.69) is 10.6 Å². The van der Waals surface area contributed by atoms with Crippen molar-refractivity contribution in [3.8, 4) is 11.5 Å². The van der Waals surface area contributed by atoms with E-state index in [0.717, 1.165) is 5.56 Å². The molecule has 0 radical (unpaired) electrons. The fourth-order valence-corrected chi connectivity index (χ4v) is 3.25. The molecule has 2 N–H and O–H groups in total. The lowest BCUT2D eigenvalue weighted by atomic mass is 10.0. The van der Waals surface area contributed by atoms with Crippen molar-refractivity contribution in [1.82, 2.24) is 5.32 Å². The van der Waals surface area contributed by atoms with Crippen LogP contribution in [-0.2, 0) is 16.1 Å². The summed E-state index contributed by atoms with van der Waals surface area (Å²) in [6, 6.07) is 21.0. The van der Waals surface area contributed by atoms with Crippen molar-refractivity contribution in [3.05, 3.63) is 89.5 Å². The van der Waals surface area contributed by atoms with Crippen LogP contribution < -0.4 is 20.1 Å². The first-order chi connectivity index (χ1) is 17.0. The zero-order chi connectivity index (χ0) is 25.0. The SMILES string of the molecule is CCOc1cc(NC(=O)CNC(=O)OCc2ccccc2)c(C(=O)c2ccccc2)cc1OCC. The quantitative estimate of drug-likeness (QED) is 0.393. The number of benzene rings is 3. The molecule has 35 heavy (non-hydrogen) atoms. The summed E-state index contributed by atoms with van der Waals surface area (Å²) in [5, 5.41) is 5.10. The van der Waals surface area contributed by atoms with Crippen LogP contribution in [0.15, 0.2) is 72.8 Å². The molecule has 0 unspecified atom stereocenters. The monoisotopic (exact) mass is 476 g/mol. The van der Waals surface area contributed by atoms with E-state index in [-0.39, 0.29) is 30.2 Å². The van der Waals surface area contributed by atoms with Crippen LogP contribution in [0.25, 0.3) is 0 Å². The Bertz CT molecular complexity index is 1150. The van der Waals surface area contributed by atoms with Crippen molar-refractivity contribution in [2.45, 2.75) is 20.5 Å². The van der Waals surface area contributed by atoms with Crippen molar-refractivity contribution in [2.75, 3.05) is 25.1 Å². The standard InChI is InChI=1S/C27H28N2O6/c1-3-33-23-15-21(26(31)20-13-9-6-10-14-20)22(16-24(23)34-4-2)29-25(30)17-28-27(32)35-18-19-11-7-5-8-12-19/h5-16H,3-4,17-18H2,1-2H3,(H,28,32)(H,29,30). The van der Waals surface area contributed by atoms with Gasteiger partial charge in [0.2, 0.25) is 5.91 Å². The lowest BCUT2D eigenvalue weighted by Crippen LogP contribution is -2.33. The van der Waals surface area contributed by atoms with Gasteiger partial charge in [0.1, 0.15) is 13.2 Å². The van der Waals surface area contributed by atoms with Crippen LogP contribution in [0, 0.1) is 0 Å². The van der Waals surface area contributed by atoms with Gasteiger partial charge in [0.05, 0.1) is 24.5 Å². The summed E-state index contributed by atoms with van der Waals surface area (Å²) < 4.78 is 16.4. The molecule has 0 atom stereocenters. The van der Waals surface area contributed by atoms with Crippen molar-refractivity contribution < 1.29 is 28.6 Å². The van der Waals surface area contributed by atoms with Gasteiger partial charge in [0, 0.05) is 11.6 Å². The number of alkyl carbamates (subject to hydrolysis) is 1. The lowest BCUT2D eigenvalue weighted by Gasteiger charge is -2.17. The maximum Gasteiger partial charge on any atom is 0.407 e. The van der Waals surface area contributed by atoms with Gasteiger partial charge in [0.25, 0.3) is 0 Å². The molecule has 0 bridgehead atoms. The highest BCUT2D eigenvalue weighted by Gasteiger charge is 2.20. The Balaban J connectivity index is 1.74. The van der Waals surface area contributed by atoms with Gasteiger partial charge >= 0.3 is 6.09 Å². The summed E-state index contributed by atoms with van der Waals surface area (Å²) in [5.74, 6) is -0.0331. The Morgan fingerprint density at radius 3 is 2.03 bits per heavy atom. The predicted octanol–water partition coefficient (Wildman–Crippen LogP) is 4.58. The third-order valence-corrected chi connectivity index (χ3v) is 4.84. The zero-order valence-corrected chi connectivity index (χ0v) is 19.7. The van der Waals surface area contributed by atoms with Crippen LogP contribution in [0.5, 0.6) is 11.5 Å². The van der Waals surface area contributed by atoms with Crippen molar-refractivity contribution in [2.24, 2.45) is 0 Å². The molecule has 3 rings (SSSR count). The number of hydrogen-bond donors (Lipinski definition) is 2. The molecule has 0 heterocycles. The van der Waals surface area contributed by atoms with Gasteiger partial charge in [-0.15, -0.1) is 0 Å². The van der Waals surface area contributed by atoms with Gasteiger partial charge in [0.15, 0.2) is 17.3 Å². The van der Waals surface area contributed by atoms with Crippen LogP contribution in [0.2, 0.25) is 0 Å². The first kappa shape index (κ1) is 25.3. The van der Waals surface area contributed by atoms with E-state index in [1.54, 1.807) is 36.4 Å². The van der Waals surface area contributed by atoms with Crippen molar-refractivity contribution in [1.29, 1.82) is 0 Å². The Kier molecular flexibility index (Phi) is 9.24. The number of carbonyl (C=O) groups is 3. The zero-order valence-electron chi connectivity index (χ0n) is 19.7. The summed E-state index contributed by atoms with van der Waals surface area (Å²) in [4.78, 5) is 37.8. The number of anilines is 1. The molecule has 182 valence electrons. The van der Waals surface area contributed by atoms with E-state index in [9.17, 15) is 14.4 Å². The summed E-state index contributed by atoms with van der Waals surface area (Å²) in [6.07, 6.45) is -0.730. The van der Waals surface area contributed by atoms with E-state index >= 15 is 0 Å². The minimum absolute atomic E-state index is 0.0840. The molecule has 8 nitrogen and oxygen atoms in total. The molecule has 8 heteroatoms. The molecule has 2 amide bonds. The van der Waals surface area contributed by atoms with Crippen LogP contribution in [0.4, 0.5) is 10.5 Å². The fraction of sp³-hybridized carbons (Fsp3) is 0.222. The maximum atomic E-state index is 13.2. The molecule has 0 aliphatic carbocycles. The molecule has 0 saturated heterocycles. The van der Waals surface area contributed by atoms with Crippen LogP contribution in [0.1, 0.15) is 35.3 Å². The average molecular weight is 477 g/mol. The Hall–Kier alpha value is -4.33. The van der Waals surface area contributed by atoms with E-state index in [1.807, 2.05) is 50.2 Å². The predicted molar refractivity (Wildman–Crippen MR) is 132 cm³/mol. The third-order valence-electron chi connectivity index (χ3n) is 4.84. The first-order valence-electron chi connectivity index (χ1n) is 11.3. The van der Waals surface area contributed by atoms with Gasteiger partial charge in [-0.3, -0.25) is 9.59 Å². The number of hydrogen-bond acceptors (Lipinski definition) is 6. The summed E-state index contributed by atoms with van der Waals surface area (Å²) in [5.41, 5.74) is 1.77. The highest BCUT2D eigenvalue weighted by atomic mass is 16.5. The second-order valence-electron chi connectivity index (χ2n) is 7.37. The molecule has 0 aromatic heterocycles. The van der Waals surface area contributed by atoms with Crippen LogP contribution >= 0.6 is 0 Å². The van der Waals surface area contributed by atoms with Gasteiger partial charge in [-0.05, 0) is 25.5 Å². The number of nitrogens with one attached hydrogen (secondary N) is 2. The molecular formula is C27H28N2O6. The molecule has 3 aromatic carbocycles. The van der Waals surface area contributed by atoms with Gasteiger partial charge in [-0.25, -0.2) is 4.79 Å². The molecular weight excluding hydrogens is 448 g/mol.